The molecule has 0 aliphatic carbocycles. The summed E-state index contributed by atoms with van der Waals surface area (Å²) in [6.45, 7) is 0.491. The molecule has 0 spiro atoms. The lowest BCUT2D eigenvalue weighted by Gasteiger charge is -2.27. The highest BCUT2D eigenvalue weighted by molar-refractivity contribution is 5.85. The van der Waals surface area contributed by atoms with Crippen LogP contribution in [0.5, 0.6) is 5.75 Å². The molecule has 20 heavy (non-hydrogen) atoms. The van der Waals surface area contributed by atoms with Gasteiger partial charge >= 0.3 is 0 Å². The molecule has 0 unspecified atom stereocenters. The van der Waals surface area contributed by atoms with Crippen molar-refractivity contribution >= 4 is 12.4 Å². The van der Waals surface area contributed by atoms with Gasteiger partial charge in [-0.3, -0.25) is 0 Å². The van der Waals surface area contributed by atoms with Crippen LogP contribution in [0.3, 0.4) is 0 Å². The molecule has 0 amide bonds. The van der Waals surface area contributed by atoms with Gasteiger partial charge in [0.05, 0.1) is 0 Å². The van der Waals surface area contributed by atoms with Crippen LogP contribution in [0.25, 0.3) is 11.1 Å². The van der Waals surface area contributed by atoms with Crippen LogP contribution in [-0.4, -0.2) is 12.6 Å². The van der Waals surface area contributed by atoms with E-state index in [9.17, 15) is 4.39 Å². The van der Waals surface area contributed by atoms with Crippen LogP contribution >= 0.6 is 12.4 Å². The largest absolute Gasteiger partial charge is 0.488 e. The van der Waals surface area contributed by atoms with E-state index in [1.165, 1.54) is 6.07 Å². The average Bonchev–Trinajstić information content (AvgIpc) is 2.47. The molecule has 0 aromatic heterocycles. The van der Waals surface area contributed by atoms with Crippen LogP contribution in [-0.2, 0) is 6.42 Å². The second kappa shape index (κ2) is 6.25. The first-order valence-electron chi connectivity index (χ1n) is 6.52. The van der Waals surface area contributed by atoms with Crippen LogP contribution in [0.15, 0.2) is 42.5 Å². The fourth-order valence-electron chi connectivity index (χ4n) is 2.52. The Morgan fingerprint density at radius 3 is 2.65 bits per heavy atom. The molecule has 106 valence electrons. The second-order valence-corrected chi connectivity index (χ2v) is 4.82. The van der Waals surface area contributed by atoms with Gasteiger partial charge in [-0.15, -0.1) is 12.4 Å². The summed E-state index contributed by atoms with van der Waals surface area (Å²) in [5.74, 6) is 0.571. The van der Waals surface area contributed by atoms with E-state index < -0.39 is 0 Å². The minimum absolute atomic E-state index is 0. The number of rotatable bonds is 2. The topological polar surface area (TPSA) is 35.2 Å². The number of nitrogens with two attached hydrogens (primary N) is 1. The summed E-state index contributed by atoms with van der Waals surface area (Å²) in [7, 11) is 0. The van der Waals surface area contributed by atoms with Crippen molar-refractivity contribution in [3.05, 3.63) is 53.8 Å². The van der Waals surface area contributed by atoms with Crippen LogP contribution in [0.4, 0.5) is 4.39 Å². The van der Waals surface area contributed by atoms with Crippen molar-refractivity contribution in [1.82, 2.24) is 0 Å². The maximum absolute atomic E-state index is 13.7. The third-order valence-electron chi connectivity index (χ3n) is 3.50. The van der Waals surface area contributed by atoms with E-state index >= 15 is 0 Å². The summed E-state index contributed by atoms with van der Waals surface area (Å²) < 4.78 is 19.7. The van der Waals surface area contributed by atoms with Gasteiger partial charge in [0.1, 0.15) is 17.7 Å². The Bertz CT molecular complexity index is 589. The molecule has 0 fully saturated rings. The molecule has 2 N–H and O–H groups in total. The Balaban J connectivity index is 0.00000147. The molecule has 0 bridgehead atoms. The summed E-state index contributed by atoms with van der Waals surface area (Å²) >= 11 is 0. The predicted molar refractivity (Wildman–Crippen MR) is 80.9 cm³/mol. The van der Waals surface area contributed by atoms with Gasteiger partial charge in [0.2, 0.25) is 0 Å². The maximum atomic E-state index is 13.7. The molecule has 2 nitrogen and oxygen atoms in total. The molecule has 0 radical (unpaired) electrons. The molecule has 3 rings (SSSR count). The maximum Gasteiger partial charge on any atom is 0.131 e. The molecular weight excluding hydrogens is 277 g/mol. The van der Waals surface area contributed by atoms with E-state index in [0.29, 0.717) is 6.54 Å². The summed E-state index contributed by atoms with van der Waals surface area (Å²) in [6, 6.07) is 12.8. The molecule has 0 saturated carbocycles. The average molecular weight is 294 g/mol. The van der Waals surface area contributed by atoms with Gasteiger partial charge in [0, 0.05) is 12.1 Å². The molecule has 4 heteroatoms. The molecule has 1 heterocycles. The Morgan fingerprint density at radius 2 is 1.95 bits per heavy atom. The zero-order valence-corrected chi connectivity index (χ0v) is 11.8. The van der Waals surface area contributed by atoms with Gasteiger partial charge in [-0.1, -0.05) is 30.3 Å². The standard InChI is InChI=1S/C16H16FNO.ClH/c17-13-8-12-6-7-14(10-18)19-16(12)15(9-13)11-4-2-1-3-5-11;/h1-5,8-9,14H,6-7,10,18H2;1H/t14-;/m1./s1. The van der Waals surface area contributed by atoms with E-state index in [1.54, 1.807) is 6.07 Å². The lowest BCUT2D eigenvalue weighted by Crippen LogP contribution is -2.30. The number of benzene rings is 2. The normalized spacial score (nSPS) is 16.8. The predicted octanol–water partition coefficient (Wildman–Crippen LogP) is 3.57. The van der Waals surface area contributed by atoms with Crippen molar-refractivity contribution in [3.63, 3.8) is 0 Å². The van der Waals surface area contributed by atoms with Gasteiger partial charge in [-0.25, -0.2) is 4.39 Å². The second-order valence-electron chi connectivity index (χ2n) is 4.82. The third kappa shape index (κ3) is 2.79. The van der Waals surface area contributed by atoms with Gasteiger partial charge in [-0.2, -0.15) is 0 Å². The van der Waals surface area contributed by atoms with Gasteiger partial charge in [-0.05, 0) is 36.1 Å². The first-order valence-corrected chi connectivity index (χ1v) is 6.52. The van der Waals surface area contributed by atoms with Gasteiger partial charge in [0.25, 0.3) is 0 Å². The first-order chi connectivity index (χ1) is 9.28. The van der Waals surface area contributed by atoms with Gasteiger partial charge in [0.15, 0.2) is 0 Å². The highest BCUT2D eigenvalue weighted by Crippen LogP contribution is 2.38. The fraction of sp³-hybridized carbons (Fsp3) is 0.250. The Hall–Kier alpha value is -1.58. The van der Waals surface area contributed by atoms with Crippen molar-refractivity contribution in [2.45, 2.75) is 18.9 Å². The molecule has 2 aromatic rings. The zero-order valence-electron chi connectivity index (χ0n) is 11.0. The van der Waals surface area contributed by atoms with Crippen molar-refractivity contribution in [1.29, 1.82) is 0 Å². The minimum Gasteiger partial charge on any atom is -0.488 e. The fourth-order valence-corrected chi connectivity index (χ4v) is 2.52. The Labute approximate surface area is 124 Å². The number of hydrogen-bond donors (Lipinski definition) is 1. The first kappa shape index (κ1) is 14.8. The number of ether oxygens (including phenoxy) is 1. The Kier molecular flexibility index (Phi) is 4.63. The number of fused-ring (bicyclic) bond motifs is 1. The number of aryl methyl sites for hydroxylation is 1. The minimum atomic E-state index is -0.215. The summed E-state index contributed by atoms with van der Waals surface area (Å²) in [5.41, 5.74) is 8.40. The SMILES string of the molecule is Cl.NC[C@H]1CCc2cc(F)cc(-c3ccccc3)c2O1. The van der Waals surface area contributed by atoms with E-state index in [2.05, 4.69) is 0 Å². The van der Waals surface area contributed by atoms with E-state index in [-0.39, 0.29) is 24.3 Å². The summed E-state index contributed by atoms with van der Waals surface area (Å²) in [6.07, 6.45) is 1.69. The van der Waals surface area contributed by atoms with Crippen molar-refractivity contribution in [3.8, 4) is 16.9 Å². The Morgan fingerprint density at radius 1 is 1.20 bits per heavy atom. The highest BCUT2D eigenvalue weighted by atomic mass is 35.5. The quantitative estimate of drug-likeness (QED) is 0.919. The molecular formula is C16H17ClFNO. The van der Waals surface area contributed by atoms with E-state index in [4.69, 9.17) is 10.5 Å². The molecule has 0 saturated heterocycles. The van der Waals surface area contributed by atoms with Crippen LogP contribution < -0.4 is 10.5 Å². The van der Waals surface area contributed by atoms with Crippen molar-refractivity contribution < 1.29 is 9.13 Å². The zero-order chi connectivity index (χ0) is 13.2. The van der Waals surface area contributed by atoms with Crippen molar-refractivity contribution in [2.75, 3.05) is 6.54 Å². The highest BCUT2D eigenvalue weighted by Gasteiger charge is 2.22. The summed E-state index contributed by atoms with van der Waals surface area (Å²) in [5, 5.41) is 0. The summed E-state index contributed by atoms with van der Waals surface area (Å²) in [4.78, 5) is 0. The van der Waals surface area contributed by atoms with Crippen LogP contribution in [0.2, 0.25) is 0 Å². The molecule has 1 atom stereocenters. The monoisotopic (exact) mass is 293 g/mol. The van der Waals surface area contributed by atoms with Crippen LogP contribution in [0, 0.1) is 5.82 Å². The van der Waals surface area contributed by atoms with E-state index in [1.807, 2.05) is 30.3 Å². The third-order valence-corrected chi connectivity index (χ3v) is 3.50. The molecule has 1 aliphatic rings. The lowest BCUT2D eigenvalue weighted by atomic mass is 9.95. The number of halogens is 2. The van der Waals surface area contributed by atoms with Crippen molar-refractivity contribution in [2.24, 2.45) is 5.73 Å². The van der Waals surface area contributed by atoms with Crippen LogP contribution in [0.1, 0.15) is 12.0 Å². The van der Waals surface area contributed by atoms with Gasteiger partial charge < -0.3 is 10.5 Å². The number of hydrogen-bond acceptors (Lipinski definition) is 2. The molecule has 2 aromatic carbocycles. The smallest absolute Gasteiger partial charge is 0.131 e. The lowest BCUT2D eigenvalue weighted by molar-refractivity contribution is 0.182. The van der Waals surface area contributed by atoms with E-state index in [0.717, 1.165) is 35.3 Å². The molecule has 1 aliphatic heterocycles.